The van der Waals surface area contributed by atoms with E-state index in [1.54, 1.807) is 19.2 Å². The third-order valence-corrected chi connectivity index (χ3v) is 4.24. The minimum absolute atomic E-state index is 0.143. The van der Waals surface area contributed by atoms with Crippen LogP contribution in [-0.4, -0.2) is 18.8 Å². The molecule has 0 aliphatic carbocycles. The van der Waals surface area contributed by atoms with Crippen LogP contribution in [0, 0.1) is 0 Å². The monoisotopic (exact) mass is 322 g/mol. The first-order valence-corrected chi connectivity index (χ1v) is 7.86. The largest absolute Gasteiger partial charge is 0.508 e. The quantitative estimate of drug-likeness (QED) is 0.695. The summed E-state index contributed by atoms with van der Waals surface area (Å²) in [6, 6.07) is 11.1. The Morgan fingerprint density at radius 3 is 2.79 bits per heavy atom. The minimum Gasteiger partial charge on any atom is -0.508 e. The van der Waals surface area contributed by atoms with Gasteiger partial charge in [-0.25, -0.2) is 0 Å². The number of furan rings is 1. The molecule has 0 saturated carbocycles. The molecule has 0 atom stereocenters. The summed E-state index contributed by atoms with van der Waals surface area (Å²) >= 11 is 0. The molecular formula is C20H18O4. The number of methoxy groups -OCH3 is 1. The predicted molar refractivity (Wildman–Crippen MR) is 92.8 cm³/mol. The van der Waals surface area contributed by atoms with E-state index in [0.717, 1.165) is 34.3 Å². The van der Waals surface area contributed by atoms with Gasteiger partial charge in [0, 0.05) is 23.1 Å². The fraction of sp³-hybridized carbons (Fsp3) is 0.200. The van der Waals surface area contributed by atoms with Crippen molar-refractivity contribution in [1.29, 1.82) is 0 Å². The second kappa shape index (κ2) is 5.64. The molecular weight excluding hydrogens is 304 g/mol. The molecule has 0 fully saturated rings. The van der Waals surface area contributed by atoms with Crippen molar-refractivity contribution >= 4 is 11.0 Å². The van der Waals surface area contributed by atoms with Crippen LogP contribution in [0.4, 0.5) is 0 Å². The van der Waals surface area contributed by atoms with Crippen molar-refractivity contribution in [3.8, 4) is 28.6 Å². The van der Waals surface area contributed by atoms with E-state index in [9.17, 15) is 5.11 Å². The maximum Gasteiger partial charge on any atom is 0.138 e. The molecule has 0 radical (unpaired) electrons. The Bertz CT molecular complexity index is 950. The average Bonchev–Trinajstić information content (AvgIpc) is 2.91. The molecule has 2 heterocycles. The van der Waals surface area contributed by atoms with E-state index in [2.05, 4.69) is 19.1 Å². The molecule has 1 N–H and O–H groups in total. The molecule has 0 amide bonds. The zero-order valence-electron chi connectivity index (χ0n) is 13.6. The van der Waals surface area contributed by atoms with Gasteiger partial charge in [-0.1, -0.05) is 6.08 Å². The van der Waals surface area contributed by atoms with Gasteiger partial charge in [0.05, 0.1) is 7.11 Å². The highest BCUT2D eigenvalue weighted by molar-refractivity contribution is 5.85. The minimum atomic E-state index is 0.143. The Morgan fingerprint density at radius 2 is 1.96 bits per heavy atom. The number of hydrogen-bond donors (Lipinski definition) is 1. The van der Waals surface area contributed by atoms with Gasteiger partial charge in [-0.05, 0) is 48.7 Å². The van der Waals surface area contributed by atoms with Crippen LogP contribution in [0.15, 0.2) is 52.5 Å². The molecule has 4 rings (SSSR count). The van der Waals surface area contributed by atoms with Crippen LogP contribution in [0.5, 0.6) is 17.2 Å². The lowest BCUT2D eigenvalue weighted by Crippen LogP contribution is -1.97. The lowest BCUT2D eigenvalue weighted by atomic mass is 10.1. The summed E-state index contributed by atoms with van der Waals surface area (Å²) in [5, 5.41) is 10.9. The lowest BCUT2D eigenvalue weighted by Gasteiger charge is -2.06. The Balaban J connectivity index is 1.80. The molecule has 3 aromatic rings. The first-order chi connectivity index (χ1) is 11.6. The zero-order chi connectivity index (χ0) is 16.7. The summed E-state index contributed by atoms with van der Waals surface area (Å²) in [7, 11) is 1.57. The van der Waals surface area contributed by atoms with Gasteiger partial charge >= 0.3 is 0 Å². The summed E-state index contributed by atoms with van der Waals surface area (Å²) in [6.07, 6.45) is 3.05. The molecule has 4 nitrogen and oxygen atoms in total. The molecule has 0 bridgehead atoms. The Kier molecular flexibility index (Phi) is 3.45. The van der Waals surface area contributed by atoms with Crippen LogP contribution in [0.25, 0.3) is 22.3 Å². The molecule has 24 heavy (non-hydrogen) atoms. The molecule has 1 aliphatic heterocycles. The standard InChI is InChI=1S/C20H18O4/c1-12-3-4-13-5-14-8-19(24-20(14)10-18(13)23-11-12)15-6-16(21)9-17(7-15)22-2/h3,5-10,21H,4,11H2,1-2H3. The average molecular weight is 322 g/mol. The van der Waals surface area contributed by atoms with Gasteiger partial charge in [-0.2, -0.15) is 0 Å². The number of rotatable bonds is 2. The molecule has 0 saturated heterocycles. The van der Waals surface area contributed by atoms with Crippen molar-refractivity contribution in [2.45, 2.75) is 13.3 Å². The fourth-order valence-electron chi connectivity index (χ4n) is 2.93. The van der Waals surface area contributed by atoms with Crippen LogP contribution in [0.1, 0.15) is 12.5 Å². The number of fused-ring (bicyclic) bond motifs is 2. The number of hydrogen-bond acceptors (Lipinski definition) is 4. The molecule has 0 spiro atoms. The number of benzene rings is 2. The van der Waals surface area contributed by atoms with Crippen LogP contribution in [-0.2, 0) is 6.42 Å². The van der Waals surface area contributed by atoms with Crippen molar-refractivity contribution in [3.05, 3.63) is 53.6 Å². The van der Waals surface area contributed by atoms with E-state index < -0.39 is 0 Å². The van der Waals surface area contributed by atoms with Crippen LogP contribution in [0.3, 0.4) is 0 Å². The van der Waals surface area contributed by atoms with E-state index in [1.165, 1.54) is 5.57 Å². The van der Waals surface area contributed by atoms with Gasteiger partial charge in [-0.15, -0.1) is 0 Å². The van der Waals surface area contributed by atoms with Gasteiger partial charge in [0.2, 0.25) is 0 Å². The second-order valence-corrected chi connectivity index (χ2v) is 6.07. The predicted octanol–water partition coefficient (Wildman–Crippen LogP) is 4.70. The number of allylic oxidation sites excluding steroid dienone is 1. The van der Waals surface area contributed by atoms with E-state index in [4.69, 9.17) is 13.9 Å². The second-order valence-electron chi connectivity index (χ2n) is 6.07. The van der Waals surface area contributed by atoms with Gasteiger partial charge in [0.25, 0.3) is 0 Å². The Morgan fingerprint density at radius 1 is 1.08 bits per heavy atom. The van der Waals surface area contributed by atoms with Gasteiger partial charge < -0.3 is 19.0 Å². The molecule has 0 unspecified atom stereocenters. The van der Waals surface area contributed by atoms with Crippen molar-refractivity contribution in [2.24, 2.45) is 0 Å². The highest BCUT2D eigenvalue weighted by atomic mass is 16.5. The third-order valence-electron chi connectivity index (χ3n) is 4.24. The van der Waals surface area contributed by atoms with Crippen LogP contribution < -0.4 is 9.47 Å². The van der Waals surface area contributed by atoms with Crippen molar-refractivity contribution in [2.75, 3.05) is 13.7 Å². The zero-order valence-corrected chi connectivity index (χ0v) is 13.6. The number of aromatic hydroxyl groups is 1. The van der Waals surface area contributed by atoms with Crippen LogP contribution >= 0.6 is 0 Å². The number of ether oxygens (including phenoxy) is 2. The maximum atomic E-state index is 9.84. The summed E-state index contributed by atoms with van der Waals surface area (Å²) in [5.41, 5.74) is 3.93. The van der Waals surface area contributed by atoms with E-state index >= 15 is 0 Å². The third kappa shape index (κ3) is 2.60. The molecule has 4 heteroatoms. The number of phenolic OH excluding ortho intramolecular Hbond substituents is 1. The SMILES string of the molecule is COc1cc(O)cc(-c2cc3cc4c(cc3o2)OCC(C)=CC4)c1. The van der Waals surface area contributed by atoms with E-state index in [0.29, 0.717) is 18.1 Å². The van der Waals surface area contributed by atoms with Gasteiger partial charge in [0.15, 0.2) is 0 Å². The molecule has 2 aromatic carbocycles. The Labute approximate surface area is 139 Å². The smallest absolute Gasteiger partial charge is 0.138 e. The van der Waals surface area contributed by atoms with Gasteiger partial charge in [0.1, 0.15) is 35.2 Å². The number of phenols is 1. The van der Waals surface area contributed by atoms with E-state index in [1.807, 2.05) is 18.2 Å². The summed E-state index contributed by atoms with van der Waals surface area (Å²) < 4.78 is 17.0. The maximum absolute atomic E-state index is 9.84. The summed E-state index contributed by atoms with van der Waals surface area (Å²) in [4.78, 5) is 0. The first kappa shape index (κ1) is 14.7. The van der Waals surface area contributed by atoms with Gasteiger partial charge in [-0.3, -0.25) is 0 Å². The molecule has 122 valence electrons. The topological polar surface area (TPSA) is 51.8 Å². The van der Waals surface area contributed by atoms with Crippen molar-refractivity contribution < 1.29 is 19.0 Å². The molecule has 1 aromatic heterocycles. The Hall–Kier alpha value is -2.88. The van der Waals surface area contributed by atoms with E-state index in [-0.39, 0.29) is 5.75 Å². The van der Waals surface area contributed by atoms with Crippen LogP contribution in [0.2, 0.25) is 0 Å². The molecule has 1 aliphatic rings. The highest BCUT2D eigenvalue weighted by Gasteiger charge is 2.14. The van der Waals surface area contributed by atoms with Crippen molar-refractivity contribution in [1.82, 2.24) is 0 Å². The summed E-state index contributed by atoms with van der Waals surface area (Å²) in [5.74, 6) is 2.28. The van der Waals surface area contributed by atoms with Crippen molar-refractivity contribution in [3.63, 3.8) is 0 Å². The first-order valence-electron chi connectivity index (χ1n) is 7.86. The highest BCUT2D eigenvalue weighted by Crippen LogP contribution is 2.36. The lowest BCUT2D eigenvalue weighted by molar-refractivity contribution is 0.352. The summed E-state index contributed by atoms with van der Waals surface area (Å²) in [6.45, 7) is 2.68. The normalized spacial score (nSPS) is 13.8. The fourth-order valence-corrected chi connectivity index (χ4v) is 2.93.